The number of aryl methyl sites for hydroxylation is 1. The molecule has 6 nitrogen and oxygen atoms in total. The summed E-state index contributed by atoms with van der Waals surface area (Å²) < 4.78 is 0. The SMILES string of the molecule is Cc1[nH]c2ccccc2c1CC(=O)N[C@H](CO)C(=O)O. The number of hydrogen-bond acceptors (Lipinski definition) is 3. The van der Waals surface area contributed by atoms with E-state index in [1.165, 1.54) is 0 Å². The highest BCUT2D eigenvalue weighted by molar-refractivity contribution is 5.91. The van der Waals surface area contributed by atoms with Crippen LogP contribution in [0.3, 0.4) is 0 Å². The third-order valence-corrected chi connectivity index (χ3v) is 3.18. The summed E-state index contributed by atoms with van der Waals surface area (Å²) in [6.45, 7) is 1.23. The zero-order valence-corrected chi connectivity index (χ0v) is 11.0. The number of aliphatic hydroxyl groups is 1. The Morgan fingerprint density at radius 1 is 1.35 bits per heavy atom. The Morgan fingerprint density at radius 3 is 2.70 bits per heavy atom. The average Bonchev–Trinajstić information content (AvgIpc) is 2.72. The van der Waals surface area contributed by atoms with Crippen molar-refractivity contribution >= 4 is 22.8 Å². The molecule has 20 heavy (non-hydrogen) atoms. The number of fused-ring (bicyclic) bond motifs is 1. The first kappa shape index (κ1) is 14.1. The van der Waals surface area contributed by atoms with Crippen LogP contribution in [0.1, 0.15) is 11.3 Å². The van der Waals surface area contributed by atoms with Gasteiger partial charge in [0.1, 0.15) is 6.04 Å². The Balaban J connectivity index is 2.18. The van der Waals surface area contributed by atoms with Gasteiger partial charge in [-0.2, -0.15) is 0 Å². The third kappa shape index (κ3) is 2.80. The molecule has 1 amide bonds. The number of aromatic nitrogens is 1. The van der Waals surface area contributed by atoms with Crippen molar-refractivity contribution in [3.05, 3.63) is 35.5 Å². The Kier molecular flexibility index (Phi) is 4.05. The molecule has 0 fully saturated rings. The molecule has 0 aliphatic heterocycles. The second kappa shape index (κ2) is 5.75. The van der Waals surface area contributed by atoms with Crippen molar-refractivity contribution in [3.63, 3.8) is 0 Å². The lowest BCUT2D eigenvalue weighted by Gasteiger charge is -2.11. The summed E-state index contributed by atoms with van der Waals surface area (Å²) in [6, 6.07) is 6.33. The van der Waals surface area contributed by atoms with Gasteiger partial charge in [-0.15, -0.1) is 0 Å². The predicted molar refractivity (Wildman–Crippen MR) is 73.4 cm³/mol. The van der Waals surface area contributed by atoms with Crippen LogP contribution in [0.15, 0.2) is 24.3 Å². The summed E-state index contributed by atoms with van der Waals surface area (Å²) in [6.07, 6.45) is 0.0691. The number of nitrogens with one attached hydrogen (secondary N) is 2. The number of carbonyl (C=O) groups is 2. The van der Waals surface area contributed by atoms with E-state index in [0.717, 1.165) is 22.2 Å². The summed E-state index contributed by atoms with van der Waals surface area (Å²) in [4.78, 5) is 25.8. The van der Waals surface area contributed by atoms with Crippen LogP contribution in [-0.4, -0.2) is 39.7 Å². The molecule has 0 spiro atoms. The van der Waals surface area contributed by atoms with Gasteiger partial charge in [-0.1, -0.05) is 18.2 Å². The van der Waals surface area contributed by atoms with Crippen LogP contribution in [0.25, 0.3) is 10.9 Å². The molecule has 0 aliphatic rings. The van der Waals surface area contributed by atoms with E-state index in [2.05, 4.69) is 10.3 Å². The van der Waals surface area contributed by atoms with Crippen molar-refractivity contribution < 1.29 is 19.8 Å². The van der Waals surface area contributed by atoms with Gasteiger partial charge >= 0.3 is 5.97 Å². The number of hydrogen-bond donors (Lipinski definition) is 4. The summed E-state index contributed by atoms with van der Waals surface area (Å²) in [7, 11) is 0. The van der Waals surface area contributed by atoms with Crippen LogP contribution >= 0.6 is 0 Å². The lowest BCUT2D eigenvalue weighted by atomic mass is 10.1. The van der Waals surface area contributed by atoms with Crippen LogP contribution in [0.2, 0.25) is 0 Å². The van der Waals surface area contributed by atoms with Gasteiger partial charge < -0.3 is 20.5 Å². The maximum Gasteiger partial charge on any atom is 0.328 e. The molecular formula is C14H16N2O4. The summed E-state index contributed by atoms with van der Waals surface area (Å²) in [5.74, 6) is -1.68. The Hall–Kier alpha value is -2.34. The zero-order valence-electron chi connectivity index (χ0n) is 11.0. The number of amides is 1. The molecule has 1 heterocycles. The lowest BCUT2D eigenvalue weighted by Crippen LogP contribution is -2.44. The van der Waals surface area contributed by atoms with E-state index in [0.29, 0.717) is 0 Å². The highest BCUT2D eigenvalue weighted by Gasteiger charge is 2.20. The van der Waals surface area contributed by atoms with E-state index in [1.807, 2.05) is 31.2 Å². The molecule has 0 bridgehead atoms. The molecule has 0 unspecified atom stereocenters. The fourth-order valence-corrected chi connectivity index (χ4v) is 2.15. The molecule has 0 aliphatic carbocycles. The van der Waals surface area contributed by atoms with Crippen LogP contribution in [-0.2, 0) is 16.0 Å². The minimum atomic E-state index is -1.27. The number of benzene rings is 1. The number of para-hydroxylation sites is 1. The highest BCUT2D eigenvalue weighted by atomic mass is 16.4. The quantitative estimate of drug-likeness (QED) is 0.641. The van der Waals surface area contributed by atoms with Gasteiger partial charge in [0.15, 0.2) is 0 Å². The Labute approximate surface area is 115 Å². The maximum absolute atomic E-state index is 11.9. The van der Waals surface area contributed by atoms with Crippen LogP contribution in [0.5, 0.6) is 0 Å². The molecule has 106 valence electrons. The lowest BCUT2D eigenvalue weighted by molar-refractivity contribution is -0.142. The van der Waals surface area contributed by atoms with E-state index in [-0.39, 0.29) is 6.42 Å². The van der Waals surface area contributed by atoms with E-state index < -0.39 is 24.5 Å². The predicted octanol–water partition coefficient (Wildman–Crippen LogP) is 0.581. The molecule has 1 aromatic carbocycles. The normalized spacial score (nSPS) is 12.3. The second-order valence-electron chi connectivity index (χ2n) is 4.59. The molecule has 0 saturated heterocycles. The third-order valence-electron chi connectivity index (χ3n) is 3.18. The zero-order chi connectivity index (χ0) is 14.7. The first-order valence-electron chi connectivity index (χ1n) is 6.22. The molecular weight excluding hydrogens is 260 g/mol. The van der Waals surface area contributed by atoms with E-state index >= 15 is 0 Å². The second-order valence-corrected chi connectivity index (χ2v) is 4.59. The van der Waals surface area contributed by atoms with Crippen molar-refractivity contribution in [2.75, 3.05) is 6.61 Å². The van der Waals surface area contributed by atoms with Gasteiger partial charge in [0.05, 0.1) is 13.0 Å². The van der Waals surface area contributed by atoms with Gasteiger partial charge in [-0.25, -0.2) is 4.79 Å². The molecule has 6 heteroatoms. The van der Waals surface area contributed by atoms with Gasteiger partial charge in [0, 0.05) is 16.6 Å². The van der Waals surface area contributed by atoms with Crippen molar-refractivity contribution in [1.82, 2.24) is 10.3 Å². The van der Waals surface area contributed by atoms with Crippen molar-refractivity contribution in [2.45, 2.75) is 19.4 Å². The highest BCUT2D eigenvalue weighted by Crippen LogP contribution is 2.22. The number of H-pyrrole nitrogens is 1. The van der Waals surface area contributed by atoms with Crippen LogP contribution in [0, 0.1) is 6.92 Å². The van der Waals surface area contributed by atoms with Crippen LogP contribution in [0.4, 0.5) is 0 Å². The van der Waals surface area contributed by atoms with Gasteiger partial charge in [0.2, 0.25) is 5.91 Å². The number of aliphatic hydroxyl groups excluding tert-OH is 1. The minimum Gasteiger partial charge on any atom is -0.480 e. The number of rotatable bonds is 5. The van der Waals surface area contributed by atoms with E-state index in [1.54, 1.807) is 0 Å². The van der Waals surface area contributed by atoms with E-state index in [4.69, 9.17) is 10.2 Å². The van der Waals surface area contributed by atoms with E-state index in [9.17, 15) is 9.59 Å². The molecule has 2 aromatic rings. The minimum absolute atomic E-state index is 0.0691. The molecule has 4 N–H and O–H groups in total. The first-order valence-corrected chi connectivity index (χ1v) is 6.22. The number of carboxylic acids is 1. The summed E-state index contributed by atoms with van der Waals surface area (Å²) in [5.41, 5.74) is 2.64. The monoisotopic (exact) mass is 276 g/mol. The first-order chi connectivity index (χ1) is 9.52. The van der Waals surface area contributed by atoms with Gasteiger partial charge in [0.25, 0.3) is 0 Å². The Morgan fingerprint density at radius 2 is 2.05 bits per heavy atom. The molecule has 0 radical (unpaired) electrons. The topological polar surface area (TPSA) is 102 Å². The number of carboxylic acid groups (broad SMARTS) is 1. The summed E-state index contributed by atoms with van der Waals surface area (Å²) >= 11 is 0. The van der Waals surface area contributed by atoms with Crippen molar-refractivity contribution in [1.29, 1.82) is 0 Å². The number of carbonyl (C=O) groups excluding carboxylic acids is 1. The smallest absolute Gasteiger partial charge is 0.328 e. The fraction of sp³-hybridized carbons (Fsp3) is 0.286. The molecule has 1 atom stereocenters. The maximum atomic E-state index is 11.9. The van der Waals surface area contributed by atoms with Crippen molar-refractivity contribution in [2.24, 2.45) is 0 Å². The molecule has 1 aromatic heterocycles. The van der Waals surface area contributed by atoms with Gasteiger partial charge in [-0.05, 0) is 18.6 Å². The molecule has 2 rings (SSSR count). The largest absolute Gasteiger partial charge is 0.480 e. The number of aromatic amines is 1. The van der Waals surface area contributed by atoms with Crippen molar-refractivity contribution in [3.8, 4) is 0 Å². The van der Waals surface area contributed by atoms with Gasteiger partial charge in [-0.3, -0.25) is 4.79 Å². The van der Waals surface area contributed by atoms with Crippen LogP contribution < -0.4 is 5.32 Å². The average molecular weight is 276 g/mol. The molecule has 0 saturated carbocycles. The summed E-state index contributed by atoms with van der Waals surface area (Å²) in [5, 5.41) is 20.9. The fourth-order valence-electron chi connectivity index (χ4n) is 2.15. The Bertz CT molecular complexity index is 648. The number of aliphatic carboxylic acids is 1. The standard InChI is InChI=1S/C14H16N2O4/c1-8-10(9-4-2-3-5-11(9)15-8)6-13(18)16-12(7-17)14(19)20/h2-5,12,15,17H,6-7H2,1H3,(H,16,18)(H,19,20)/t12-/m1/s1.